The molecule has 0 bridgehead atoms. The van der Waals surface area contributed by atoms with Crippen LogP contribution in [0.3, 0.4) is 0 Å². The molecule has 11 heteroatoms. The normalized spacial score (nSPS) is 21.9. The summed E-state index contributed by atoms with van der Waals surface area (Å²) in [7, 11) is -4.06. The number of aliphatic imine (C=N–C) groups is 1. The minimum atomic E-state index is -4.06. The van der Waals surface area contributed by atoms with Gasteiger partial charge in [-0.25, -0.2) is 22.4 Å². The molecule has 1 aromatic carbocycles. The average Bonchev–Trinajstić information content (AvgIpc) is 2.58. The molecule has 0 saturated carbocycles. The van der Waals surface area contributed by atoms with Crippen LogP contribution in [0.25, 0.3) is 0 Å². The summed E-state index contributed by atoms with van der Waals surface area (Å²) in [5, 5.41) is 0. The van der Waals surface area contributed by atoms with Crippen molar-refractivity contribution in [3.05, 3.63) is 34.1 Å². The smallest absolute Gasteiger partial charge is 0.425 e. The molecule has 0 N–H and O–H groups in total. The molecule has 0 radical (unpaired) electrons. The van der Waals surface area contributed by atoms with Crippen molar-refractivity contribution in [3.8, 4) is 0 Å². The second-order valence-corrected chi connectivity index (χ2v) is 14.4. The molecule has 1 atom stereocenters. The van der Waals surface area contributed by atoms with Crippen LogP contribution in [0.15, 0.2) is 27.7 Å². The number of amides is 2. The van der Waals surface area contributed by atoms with E-state index in [4.69, 9.17) is 9.47 Å². The Hall–Kier alpha value is -2.01. The van der Waals surface area contributed by atoms with E-state index >= 15 is 0 Å². The van der Waals surface area contributed by atoms with Crippen LogP contribution < -0.4 is 0 Å². The summed E-state index contributed by atoms with van der Waals surface area (Å²) in [5.74, 6) is -1.63. The number of nitrogens with zero attached hydrogens (tertiary/aromatic N) is 2. The van der Waals surface area contributed by atoms with Gasteiger partial charge in [-0.05, 0) is 80.5 Å². The van der Waals surface area contributed by atoms with Crippen molar-refractivity contribution in [2.75, 3.05) is 5.75 Å². The molecule has 2 rings (SSSR count). The molecule has 2 amide bonds. The molecule has 1 unspecified atom stereocenters. The molecule has 1 aliphatic rings. The van der Waals surface area contributed by atoms with Gasteiger partial charge in [0.2, 0.25) is 0 Å². The summed E-state index contributed by atoms with van der Waals surface area (Å²) in [6, 6.07) is 4.09. The van der Waals surface area contributed by atoms with Gasteiger partial charge in [0.25, 0.3) is 0 Å². The maximum Gasteiger partial charge on any atom is 0.425 e. The van der Waals surface area contributed by atoms with E-state index in [1.54, 1.807) is 41.5 Å². The van der Waals surface area contributed by atoms with E-state index in [1.165, 1.54) is 39.0 Å². The fourth-order valence-electron chi connectivity index (χ4n) is 3.32. The Balaban J connectivity index is 2.84. The van der Waals surface area contributed by atoms with Crippen molar-refractivity contribution >= 4 is 43.8 Å². The number of amidine groups is 1. The zero-order valence-electron chi connectivity index (χ0n) is 20.9. The van der Waals surface area contributed by atoms with E-state index in [9.17, 15) is 22.4 Å². The zero-order chi connectivity index (χ0) is 26.5. The zero-order valence-corrected chi connectivity index (χ0v) is 23.3. The van der Waals surface area contributed by atoms with Crippen molar-refractivity contribution in [2.45, 2.75) is 83.8 Å². The molecule has 0 aliphatic carbocycles. The second-order valence-electron chi connectivity index (χ2n) is 10.9. The summed E-state index contributed by atoms with van der Waals surface area (Å²) in [4.78, 5) is 31.4. The maximum absolute atomic E-state index is 14.9. The number of hydrogen-bond donors (Lipinski definition) is 0. The van der Waals surface area contributed by atoms with Crippen molar-refractivity contribution in [2.24, 2.45) is 4.99 Å². The first kappa shape index (κ1) is 28.2. The van der Waals surface area contributed by atoms with Crippen LogP contribution in [0.1, 0.15) is 67.9 Å². The van der Waals surface area contributed by atoms with Gasteiger partial charge in [0, 0.05) is 10.0 Å². The van der Waals surface area contributed by atoms with Gasteiger partial charge in [0.05, 0.1) is 5.75 Å². The number of imide groups is 1. The highest BCUT2D eigenvalue weighted by atomic mass is 79.9. The molecule has 190 valence electrons. The summed E-state index contributed by atoms with van der Waals surface area (Å²) in [5.41, 5.74) is -3.66. The van der Waals surface area contributed by atoms with Gasteiger partial charge < -0.3 is 9.47 Å². The SMILES string of the molecule is CC(C)(C)OC(=O)N(C(=O)OC(C)(C)C)C1=NC(C)(c2cc(Br)ccc2F)CS(=O)(=O)C1(C)C. The van der Waals surface area contributed by atoms with Crippen molar-refractivity contribution < 1.29 is 31.9 Å². The maximum atomic E-state index is 14.9. The number of carbonyl (C=O) groups is 2. The van der Waals surface area contributed by atoms with E-state index in [0.29, 0.717) is 9.37 Å². The molecule has 0 saturated heterocycles. The highest BCUT2D eigenvalue weighted by Crippen LogP contribution is 2.40. The average molecular weight is 563 g/mol. The first-order valence-electron chi connectivity index (χ1n) is 10.6. The Morgan fingerprint density at radius 1 is 1.03 bits per heavy atom. The van der Waals surface area contributed by atoms with Crippen LogP contribution >= 0.6 is 15.9 Å². The Morgan fingerprint density at radius 3 is 1.94 bits per heavy atom. The van der Waals surface area contributed by atoms with Crippen molar-refractivity contribution in [1.82, 2.24) is 4.90 Å². The molecule has 8 nitrogen and oxygen atoms in total. The summed E-state index contributed by atoms with van der Waals surface area (Å²) in [6.45, 7) is 13.7. The highest BCUT2D eigenvalue weighted by molar-refractivity contribution is 9.10. The molecular weight excluding hydrogens is 531 g/mol. The van der Waals surface area contributed by atoms with Crippen LogP contribution in [0.4, 0.5) is 14.0 Å². The van der Waals surface area contributed by atoms with E-state index in [-0.39, 0.29) is 5.56 Å². The van der Waals surface area contributed by atoms with Gasteiger partial charge in [0.1, 0.15) is 33.1 Å². The largest absolute Gasteiger partial charge is 0.443 e. The molecule has 1 heterocycles. The lowest BCUT2D eigenvalue weighted by molar-refractivity contribution is 0.0139. The first-order chi connectivity index (χ1) is 15.1. The summed E-state index contributed by atoms with van der Waals surface area (Å²) in [6.07, 6.45) is -2.30. The quantitative estimate of drug-likeness (QED) is 0.442. The lowest BCUT2D eigenvalue weighted by Gasteiger charge is -2.42. The summed E-state index contributed by atoms with van der Waals surface area (Å²) >= 11 is 3.27. The minimum Gasteiger partial charge on any atom is -0.443 e. The number of hydrogen-bond acceptors (Lipinski definition) is 7. The lowest BCUT2D eigenvalue weighted by Crippen LogP contribution is -2.61. The Bertz CT molecular complexity index is 1110. The van der Waals surface area contributed by atoms with Crippen LogP contribution in [0, 0.1) is 5.82 Å². The standard InChI is InChI=1S/C23H32BrFN2O6S/c1-20(2,3)32-18(28)27(19(29)33-21(4,5)6)17-22(7,8)34(30,31)13-23(9,26-17)15-12-14(24)10-11-16(15)25/h10-12H,13H2,1-9H3. The van der Waals surface area contributed by atoms with Gasteiger partial charge >= 0.3 is 12.2 Å². The monoisotopic (exact) mass is 562 g/mol. The van der Waals surface area contributed by atoms with Gasteiger partial charge in [-0.3, -0.25) is 4.99 Å². The molecule has 0 spiro atoms. The summed E-state index contributed by atoms with van der Waals surface area (Å²) < 4.78 is 51.3. The molecule has 1 aromatic rings. The topological polar surface area (TPSA) is 102 Å². The fraction of sp³-hybridized carbons (Fsp3) is 0.609. The molecule has 0 aromatic heterocycles. The number of halogens is 2. The van der Waals surface area contributed by atoms with Crippen LogP contribution in [0.5, 0.6) is 0 Å². The van der Waals surface area contributed by atoms with E-state index < -0.39 is 60.9 Å². The predicted octanol–water partition coefficient (Wildman–Crippen LogP) is 5.58. The Morgan fingerprint density at radius 2 is 1.50 bits per heavy atom. The third-order valence-corrected chi connectivity index (χ3v) is 8.19. The number of ether oxygens (including phenoxy) is 2. The van der Waals surface area contributed by atoms with E-state index in [1.807, 2.05) is 0 Å². The molecule has 0 fully saturated rings. The predicted molar refractivity (Wildman–Crippen MR) is 131 cm³/mol. The van der Waals surface area contributed by atoms with Gasteiger partial charge in [0.15, 0.2) is 9.84 Å². The highest BCUT2D eigenvalue weighted by Gasteiger charge is 2.55. The van der Waals surface area contributed by atoms with Gasteiger partial charge in [-0.1, -0.05) is 15.9 Å². The third kappa shape index (κ3) is 5.97. The van der Waals surface area contributed by atoms with Crippen LogP contribution in [-0.2, 0) is 24.8 Å². The van der Waals surface area contributed by atoms with Crippen LogP contribution in [-0.4, -0.2) is 53.0 Å². The first-order valence-corrected chi connectivity index (χ1v) is 13.1. The number of sulfone groups is 1. The molecular formula is C23H32BrFN2O6S. The van der Waals surface area contributed by atoms with Crippen molar-refractivity contribution in [1.29, 1.82) is 0 Å². The van der Waals surface area contributed by atoms with E-state index in [0.717, 1.165) is 0 Å². The second kappa shape index (κ2) is 8.89. The number of rotatable bonds is 1. The molecule has 1 aliphatic heterocycles. The molecule has 34 heavy (non-hydrogen) atoms. The number of benzene rings is 1. The van der Waals surface area contributed by atoms with Crippen molar-refractivity contribution in [3.63, 3.8) is 0 Å². The van der Waals surface area contributed by atoms with Gasteiger partial charge in [-0.15, -0.1) is 0 Å². The van der Waals surface area contributed by atoms with Crippen LogP contribution in [0.2, 0.25) is 0 Å². The Labute approximate surface area is 208 Å². The minimum absolute atomic E-state index is 0.00761. The van der Waals surface area contributed by atoms with Gasteiger partial charge in [-0.2, -0.15) is 4.90 Å². The number of carbonyl (C=O) groups excluding carboxylic acids is 2. The lowest BCUT2D eigenvalue weighted by atomic mass is 9.93. The van der Waals surface area contributed by atoms with E-state index in [2.05, 4.69) is 20.9 Å². The fourth-order valence-corrected chi connectivity index (χ4v) is 5.42. The Kier molecular flexibility index (Phi) is 7.38. The third-order valence-electron chi connectivity index (χ3n) is 5.01.